The number of hydrogen-bond acceptors (Lipinski definition) is 4. The first-order chi connectivity index (χ1) is 11.2. The van der Waals surface area contributed by atoms with E-state index < -0.39 is 0 Å². The highest BCUT2D eigenvalue weighted by Crippen LogP contribution is 2.32. The number of benzene rings is 2. The van der Waals surface area contributed by atoms with Crippen LogP contribution in [0.15, 0.2) is 54.6 Å². The topological polar surface area (TPSA) is 55.6 Å². The van der Waals surface area contributed by atoms with Crippen LogP contribution in [0, 0.1) is 5.82 Å². The van der Waals surface area contributed by atoms with Gasteiger partial charge in [0.1, 0.15) is 11.9 Å². The van der Waals surface area contributed by atoms with E-state index in [1.165, 1.54) is 12.1 Å². The molecule has 4 rings (SSSR count). The Labute approximate surface area is 136 Å². The average Bonchev–Trinajstić information content (AvgIpc) is 3.03. The van der Waals surface area contributed by atoms with Crippen LogP contribution in [0.4, 0.5) is 10.3 Å². The first-order valence-corrected chi connectivity index (χ1v) is 7.36. The second-order valence-corrected chi connectivity index (χ2v) is 5.60. The van der Waals surface area contributed by atoms with Crippen LogP contribution in [-0.2, 0) is 0 Å². The molecule has 5 nitrogen and oxygen atoms in total. The van der Waals surface area contributed by atoms with Gasteiger partial charge in [-0.05, 0) is 64.0 Å². The molecule has 0 saturated carbocycles. The number of tetrazole rings is 1. The fraction of sp³-hybridized carbons (Fsp3) is 0.0625. The van der Waals surface area contributed by atoms with Crippen LogP contribution in [0.25, 0.3) is 5.70 Å². The third-order valence-electron chi connectivity index (χ3n) is 3.67. The number of anilines is 1. The van der Waals surface area contributed by atoms with Gasteiger partial charge in [-0.1, -0.05) is 28.8 Å². The van der Waals surface area contributed by atoms with Gasteiger partial charge >= 0.3 is 0 Å². The molecule has 1 N–H and O–H groups in total. The Hall–Kier alpha value is -2.73. The minimum Gasteiger partial charge on any atom is -0.323 e. The smallest absolute Gasteiger partial charge is 0.248 e. The van der Waals surface area contributed by atoms with Crippen LogP contribution in [0.5, 0.6) is 0 Å². The first kappa shape index (κ1) is 13.9. The van der Waals surface area contributed by atoms with Crippen LogP contribution in [0.2, 0.25) is 5.02 Å². The molecule has 0 amide bonds. The standard InChI is InChI=1S/C16H11ClFN5/c17-12-3-1-2-11(8-12)15-9-14(10-4-6-13(18)7-5-10)19-16-20-21-22-23(15)16/h1-9,15H,(H,19,20,22). The van der Waals surface area contributed by atoms with Crippen molar-refractivity contribution in [3.63, 3.8) is 0 Å². The number of aromatic nitrogens is 4. The van der Waals surface area contributed by atoms with Gasteiger partial charge in [-0.15, -0.1) is 0 Å². The SMILES string of the molecule is Fc1ccc(C2=CC(c3cccc(Cl)c3)n3nnnc3N2)cc1. The van der Waals surface area contributed by atoms with Crippen LogP contribution in [0.1, 0.15) is 17.2 Å². The van der Waals surface area contributed by atoms with Crippen LogP contribution in [0.3, 0.4) is 0 Å². The number of allylic oxidation sites excluding steroid dienone is 1. The van der Waals surface area contributed by atoms with E-state index in [9.17, 15) is 4.39 Å². The molecular weight excluding hydrogens is 317 g/mol. The molecule has 1 aliphatic rings. The molecule has 0 fully saturated rings. The maximum atomic E-state index is 13.1. The normalized spacial score (nSPS) is 16.4. The number of nitrogens with zero attached hydrogens (tertiary/aromatic N) is 4. The Morgan fingerprint density at radius 2 is 1.96 bits per heavy atom. The molecule has 7 heteroatoms. The van der Waals surface area contributed by atoms with Crippen LogP contribution < -0.4 is 5.32 Å². The Bertz CT molecular complexity index is 887. The van der Waals surface area contributed by atoms with Gasteiger partial charge in [0.2, 0.25) is 5.95 Å². The predicted molar refractivity (Wildman–Crippen MR) is 85.4 cm³/mol. The van der Waals surface area contributed by atoms with Crippen molar-refractivity contribution in [2.24, 2.45) is 0 Å². The van der Waals surface area contributed by atoms with E-state index in [1.807, 2.05) is 30.3 Å². The molecule has 0 saturated heterocycles. The molecule has 2 aromatic carbocycles. The van der Waals surface area contributed by atoms with Crippen molar-refractivity contribution in [3.05, 3.63) is 76.6 Å². The second kappa shape index (κ2) is 5.48. The van der Waals surface area contributed by atoms with E-state index in [4.69, 9.17) is 11.6 Å². The third kappa shape index (κ3) is 2.57. The summed E-state index contributed by atoms with van der Waals surface area (Å²) in [6.45, 7) is 0. The summed E-state index contributed by atoms with van der Waals surface area (Å²) in [5.41, 5.74) is 2.64. The molecule has 114 valence electrons. The highest BCUT2D eigenvalue weighted by Gasteiger charge is 2.24. The Kier molecular flexibility index (Phi) is 3.31. The lowest BCUT2D eigenvalue weighted by Gasteiger charge is -2.23. The van der Waals surface area contributed by atoms with Gasteiger partial charge in [-0.3, -0.25) is 0 Å². The van der Waals surface area contributed by atoms with Gasteiger partial charge in [0, 0.05) is 10.7 Å². The van der Waals surface area contributed by atoms with Gasteiger partial charge in [-0.25, -0.2) is 4.39 Å². The number of fused-ring (bicyclic) bond motifs is 1. The van der Waals surface area contributed by atoms with Gasteiger partial charge in [0.15, 0.2) is 0 Å². The number of halogens is 2. The van der Waals surface area contributed by atoms with Crippen LogP contribution >= 0.6 is 11.6 Å². The summed E-state index contributed by atoms with van der Waals surface area (Å²) >= 11 is 6.10. The molecule has 23 heavy (non-hydrogen) atoms. The molecule has 0 aliphatic carbocycles. The van der Waals surface area contributed by atoms with Crippen molar-refractivity contribution >= 4 is 23.2 Å². The van der Waals surface area contributed by atoms with Crippen molar-refractivity contribution < 1.29 is 4.39 Å². The summed E-state index contributed by atoms with van der Waals surface area (Å²) in [7, 11) is 0. The van der Waals surface area contributed by atoms with E-state index in [0.29, 0.717) is 11.0 Å². The maximum Gasteiger partial charge on any atom is 0.248 e. The minimum absolute atomic E-state index is 0.194. The molecule has 1 aliphatic heterocycles. The predicted octanol–water partition coefficient (Wildman–Crippen LogP) is 3.52. The number of rotatable bonds is 2. The maximum absolute atomic E-state index is 13.1. The summed E-state index contributed by atoms with van der Waals surface area (Å²) in [5, 5.41) is 15.5. The molecule has 1 atom stereocenters. The highest BCUT2D eigenvalue weighted by atomic mass is 35.5. The quantitative estimate of drug-likeness (QED) is 0.782. The monoisotopic (exact) mass is 327 g/mol. The molecule has 0 bridgehead atoms. The molecule has 0 radical (unpaired) electrons. The summed E-state index contributed by atoms with van der Waals surface area (Å²) in [5.74, 6) is 0.248. The van der Waals surface area contributed by atoms with Crippen molar-refractivity contribution in [2.45, 2.75) is 6.04 Å². The average molecular weight is 328 g/mol. The molecule has 3 aromatic rings. The van der Waals surface area contributed by atoms with Gasteiger partial charge in [-0.2, -0.15) is 4.68 Å². The Balaban J connectivity index is 1.81. The van der Waals surface area contributed by atoms with E-state index in [-0.39, 0.29) is 11.9 Å². The zero-order valence-corrected chi connectivity index (χ0v) is 12.6. The zero-order valence-electron chi connectivity index (χ0n) is 11.8. The molecule has 0 spiro atoms. The highest BCUT2D eigenvalue weighted by molar-refractivity contribution is 6.30. The summed E-state index contributed by atoms with van der Waals surface area (Å²) in [6.07, 6.45) is 1.99. The van der Waals surface area contributed by atoms with Crippen molar-refractivity contribution in [1.29, 1.82) is 0 Å². The van der Waals surface area contributed by atoms with Crippen LogP contribution in [-0.4, -0.2) is 20.2 Å². The molecular formula is C16H11ClFN5. The summed E-state index contributed by atoms with van der Waals surface area (Å²) in [6, 6.07) is 13.6. The third-order valence-corrected chi connectivity index (χ3v) is 3.91. The number of nitrogens with one attached hydrogen (secondary N) is 1. The van der Waals surface area contributed by atoms with Crippen molar-refractivity contribution in [1.82, 2.24) is 20.2 Å². The lowest BCUT2D eigenvalue weighted by molar-refractivity contribution is 0.586. The molecule has 1 unspecified atom stereocenters. The first-order valence-electron chi connectivity index (χ1n) is 6.99. The van der Waals surface area contributed by atoms with E-state index >= 15 is 0 Å². The Morgan fingerprint density at radius 1 is 1.13 bits per heavy atom. The van der Waals surface area contributed by atoms with Gasteiger partial charge < -0.3 is 5.32 Å². The lowest BCUT2D eigenvalue weighted by Crippen LogP contribution is -2.20. The van der Waals surface area contributed by atoms with Gasteiger partial charge in [0.25, 0.3) is 0 Å². The summed E-state index contributed by atoms with van der Waals surface area (Å²) in [4.78, 5) is 0. The van der Waals surface area contributed by atoms with E-state index in [1.54, 1.807) is 16.8 Å². The van der Waals surface area contributed by atoms with Crippen molar-refractivity contribution in [3.8, 4) is 0 Å². The fourth-order valence-electron chi connectivity index (χ4n) is 2.58. The fourth-order valence-corrected chi connectivity index (χ4v) is 2.78. The Morgan fingerprint density at radius 3 is 2.74 bits per heavy atom. The van der Waals surface area contributed by atoms with Crippen molar-refractivity contribution in [2.75, 3.05) is 5.32 Å². The molecule has 1 aromatic heterocycles. The van der Waals surface area contributed by atoms with E-state index in [2.05, 4.69) is 20.8 Å². The zero-order chi connectivity index (χ0) is 15.8. The minimum atomic E-state index is -0.276. The summed E-state index contributed by atoms with van der Waals surface area (Å²) < 4.78 is 14.8. The molecule has 2 heterocycles. The largest absolute Gasteiger partial charge is 0.323 e. The lowest BCUT2D eigenvalue weighted by atomic mass is 10.0. The van der Waals surface area contributed by atoms with Gasteiger partial charge in [0.05, 0.1) is 0 Å². The number of hydrogen-bond donors (Lipinski definition) is 1. The second-order valence-electron chi connectivity index (χ2n) is 5.16. The van der Waals surface area contributed by atoms with E-state index in [0.717, 1.165) is 16.8 Å².